The Labute approximate surface area is 155 Å². The van der Waals surface area contributed by atoms with Crippen molar-refractivity contribution in [3.63, 3.8) is 0 Å². The second kappa shape index (κ2) is 7.08. The molecule has 2 aliphatic heterocycles. The number of para-hydroxylation sites is 1. The number of rotatable bonds is 3. The number of benzene rings is 1. The first-order valence-electron chi connectivity index (χ1n) is 9.52. The molecule has 0 radical (unpaired) electrons. The molecule has 26 heavy (non-hydrogen) atoms. The molecular formula is C21H26N4O. The molecule has 1 unspecified atom stereocenters. The summed E-state index contributed by atoms with van der Waals surface area (Å²) in [6.45, 7) is 8.93. The van der Waals surface area contributed by atoms with Crippen LogP contribution in [0.25, 0.3) is 0 Å². The van der Waals surface area contributed by atoms with Gasteiger partial charge in [-0.1, -0.05) is 25.1 Å². The van der Waals surface area contributed by atoms with Crippen LogP contribution in [-0.4, -0.2) is 59.5 Å². The van der Waals surface area contributed by atoms with Crippen LogP contribution in [0, 0.1) is 0 Å². The Morgan fingerprint density at radius 1 is 1.15 bits per heavy atom. The van der Waals surface area contributed by atoms with Crippen molar-refractivity contribution in [1.29, 1.82) is 0 Å². The molecule has 5 nitrogen and oxygen atoms in total. The van der Waals surface area contributed by atoms with Crippen molar-refractivity contribution < 1.29 is 4.79 Å². The number of amides is 1. The van der Waals surface area contributed by atoms with Crippen LogP contribution in [0.3, 0.4) is 0 Å². The predicted octanol–water partition coefficient (Wildman–Crippen LogP) is 2.94. The average molecular weight is 350 g/mol. The van der Waals surface area contributed by atoms with Gasteiger partial charge in [-0.2, -0.15) is 0 Å². The Kier molecular flexibility index (Phi) is 4.64. The van der Waals surface area contributed by atoms with E-state index in [9.17, 15) is 4.79 Å². The number of carbonyl (C=O) groups is 1. The van der Waals surface area contributed by atoms with E-state index < -0.39 is 0 Å². The highest BCUT2D eigenvalue weighted by Gasteiger charge is 2.28. The third kappa shape index (κ3) is 3.07. The maximum atomic E-state index is 13.0. The quantitative estimate of drug-likeness (QED) is 0.853. The van der Waals surface area contributed by atoms with Crippen molar-refractivity contribution in [2.75, 3.05) is 37.6 Å². The standard InChI is InChI=1S/C21H26N4O/c1-3-23-10-12-24(13-11-23)21(26)18-8-9-22-20(15-18)25-16(2)14-17-6-4-5-7-19(17)25/h4-9,15-16H,3,10-14H2,1-2H3. The number of pyridine rings is 1. The van der Waals surface area contributed by atoms with Gasteiger partial charge in [-0.15, -0.1) is 0 Å². The number of aromatic nitrogens is 1. The number of anilines is 2. The van der Waals surface area contributed by atoms with Crippen LogP contribution in [0.1, 0.15) is 29.8 Å². The number of nitrogens with zero attached hydrogens (tertiary/aromatic N) is 4. The first kappa shape index (κ1) is 17.0. The maximum Gasteiger partial charge on any atom is 0.254 e. The van der Waals surface area contributed by atoms with Gasteiger partial charge < -0.3 is 14.7 Å². The van der Waals surface area contributed by atoms with E-state index in [2.05, 4.69) is 52.9 Å². The fraction of sp³-hybridized carbons (Fsp3) is 0.429. The molecular weight excluding hydrogens is 324 g/mol. The first-order valence-corrected chi connectivity index (χ1v) is 9.52. The molecule has 0 bridgehead atoms. The van der Waals surface area contributed by atoms with Crippen LogP contribution in [-0.2, 0) is 6.42 Å². The Morgan fingerprint density at radius 3 is 2.69 bits per heavy atom. The lowest BCUT2D eigenvalue weighted by atomic mass is 10.1. The maximum absolute atomic E-state index is 13.0. The molecule has 0 spiro atoms. The van der Waals surface area contributed by atoms with Gasteiger partial charge in [0.15, 0.2) is 0 Å². The molecule has 0 saturated carbocycles. The molecule has 4 rings (SSSR count). The Balaban J connectivity index is 1.57. The molecule has 0 aliphatic carbocycles. The summed E-state index contributed by atoms with van der Waals surface area (Å²) in [5, 5.41) is 0. The topological polar surface area (TPSA) is 39.7 Å². The molecule has 1 fully saturated rings. The normalized spacial score (nSPS) is 20.3. The van der Waals surface area contributed by atoms with E-state index >= 15 is 0 Å². The summed E-state index contributed by atoms with van der Waals surface area (Å²) in [5.74, 6) is 0.977. The minimum Gasteiger partial charge on any atom is -0.336 e. The lowest BCUT2D eigenvalue weighted by molar-refractivity contribution is 0.0643. The second-order valence-corrected chi connectivity index (χ2v) is 7.18. The van der Waals surface area contributed by atoms with Gasteiger partial charge >= 0.3 is 0 Å². The Morgan fingerprint density at radius 2 is 1.92 bits per heavy atom. The number of fused-ring (bicyclic) bond motifs is 1. The van der Waals surface area contributed by atoms with Crippen molar-refractivity contribution in [2.45, 2.75) is 26.3 Å². The fourth-order valence-corrected chi connectivity index (χ4v) is 4.05. The third-order valence-corrected chi connectivity index (χ3v) is 5.55. The number of piperazine rings is 1. The second-order valence-electron chi connectivity index (χ2n) is 7.18. The highest BCUT2D eigenvalue weighted by molar-refractivity contribution is 5.95. The largest absolute Gasteiger partial charge is 0.336 e. The Hall–Kier alpha value is -2.40. The van der Waals surface area contributed by atoms with Gasteiger partial charge in [0.25, 0.3) is 5.91 Å². The zero-order valence-corrected chi connectivity index (χ0v) is 15.6. The summed E-state index contributed by atoms with van der Waals surface area (Å²) in [5.41, 5.74) is 3.28. The van der Waals surface area contributed by atoms with Crippen LogP contribution in [0.4, 0.5) is 11.5 Å². The van der Waals surface area contributed by atoms with Gasteiger partial charge in [0.2, 0.25) is 0 Å². The highest BCUT2D eigenvalue weighted by Crippen LogP contribution is 2.37. The van der Waals surface area contributed by atoms with Crippen LogP contribution < -0.4 is 4.90 Å². The van der Waals surface area contributed by atoms with Gasteiger partial charge in [0, 0.05) is 49.7 Å². The van der Waals surface area contributed by atoms with Crippen molar-refractivity contribution in [2.24, 2.45) is 0 Å². The summed E-state index contributed by atoms with van der Waals surface area (Å²) in [4.78, 5) is 24.1. The minimum atomic E-state index is 0.115. The number of carbonyl (C=O) groups excluding carboxylic acids is 1. The smallest absolute Gasteiger partial charge is 0.254 e. The number of likely N-dealkylation sites (N-methyl/N-ethyl adjacent to an activating group) is 1. The third-order valence-electron chi connectivity index (χ3n) is 5.55. The van der Waals surface area contributed by atoms with Gasteiger partial charge in [-0.3, -0.25) is 4.79 Å². The molecule has 3 heterocycles. The molecule has 2 aromatic rings. The molecule has 1 aromatic carbocycles. The van der Waals surface area contributed by atoms with E-state index in [1.165, 1.54) is 11.3 Å². The van der Waals surface area contributed by atoms with Crippen LogP contribution in [0.15, 0.2) is 42.6 Å². The summed E-state index contributed by atoms with van der Waals surface area (Å²) < 4.78 is 0. The molecule has 1 atom stereocenters. The van der Waals surface area contributed by atoms with Gasteiger partial charge in [0.1, 0.15) is 5.82 Å². The van der Waals surface area contributed by atoms with E-state index in [4.69, 9.17) is 0 Å². The van der Waals surface area contributed by atoms with Crippen molar-refractivity contribution in [1.82, 2.24) is 14.8 Å². The van der Waals surface area contributed by atoms with E-state index in [1.807, 2.05) is 17.0 Å². The zero-order valence-electron chi connectivity index (χ0n) is 15.6. The Bertz CT molecular complexity index is 798. The predicted molar refractivity (Wildman–Crippen MR) is 104 cm³/mol. The lowest BCUT2D eigenvalue weighted by Crippen LogP contribution is -2.48. The van der Waals surface area contributed by atoms with Crippen molar-refractivity contribution >= 4 is 17.4 Å². The van der Waals surface area contributed by atoms with Crippen LogP contribution in [0.2, 0.25) is 0 Å². The van der Waals surface area contributed by atoms with Gasteiger partial charge in [0.05, 0.1) is 0 Å². The molecule has 1 amide bonds. The molecule has 0 N–H and O–H groups in total. The molecule has 1 saturated heterocycles. The van der Waals surface area contributed by atoms with Crippen LogP contribution in [0.5, 0.6) is 0 Å². The summed E-state index contributed by atoms with van der Waals surface area (Å²) in [7, 11) is 0. The summed E-state index contributed by atoms with van der Waals surface area (Å²) in [6.07, 6.45) is 2.77. The average Bonchev–Trinajstić information content (AvgIpc) is 3.03. The van der Waals surface area contributed by atoms with Gasteiger partial charge in [-0.25, -0.2) is 4.98 Å². The number of hydrogen-bond acceptors (Lipinski definition) is 4. The minimum absolute atomic E-state index is 0.115. The summed E-state index contributed by atoms with van der Waals surface area (Å²) >= 11 is 0. The first-order chi connectivity index (χ1) is 12.7. The highest BCUT2D eigenvalue weighted by atomic mass is 16.2. The van der Waals surface area contributed by atoms with E-state index in [0.29, 0.717) is 6.04 Å². The molecule has 136 valence electrons. The van der Waals surface area contributed by atoms with Gasteiger partial charge in [-0.05, 0) is 43.7 Å². The fourth-order valence-electron chi connectivity index (χ4n) is 4.05. The number of hydrogen-bond donors (Lipinski definition) is 0. The molecule has 2 aliphatic rings. The monoisotopic (exact) mass is 350 g/mol. The lowest BCUT2D eigenvalue weighted by Gasteiger charge is -2.34. The van der Waals surface area contributed by atoms with Crippen LogP contribution >= 0.6 is 0 Å². The van der Waals surface area contributed by atoms with E-state index in [1.54, 1.807) is 6.20 Å². The SMILES string of the molecule is CCN1CCN(C(=O)c2ccnc(N3c4ccccc4CC3C)c2)CC1. The molecule has 1 aromatic heterocycles. The summed E-state index contributed by atoms with van der Waals surface area (Å²) in [6, 6.07) is 12.6. The van der Waals surface area contributed by atoms with E-state index in [0.717, 1.165) is 50.5 Å². The zero-order chi connectivity index (χ0) is 18.1. The molecule has 5 heteroatoms. The van der Waals surface area contributed by atoms with Crippen molar-refractivity contribution in [3.8, 4) is 0 Å². The van der Waals surface area contributed by atoms with E-state index in [-0.39, 0.29) is 5.91 Å². The van der Waals surface area contributed by atoms with Crippen molar-refractivity contribution in [3.05, 3.63) is 53.7 Å².